The largest absolute Gasteiger partial charge is 0.330 e. The fourth-order valence-corrected chi connectivity index (χ4v) is 3.28. The van der Waals surface area contributed by atoms with Crippen molar-refractivity contribution in [2.75, 3.05) is 19.6 Å². The summed E-state index contributed by atoms with van der Waals surface area (Å²) in [5, 5.41) is 0. The molecular weight excluding hydrogens is 220 g/mol. The number of hydrogen-bond donors (Lipinski definition) is 1. The van der Waals surface area contributed by atoms with Gasteiger partial charge in [0.1, 0.15) is 0 Å². The molecule has 2 nitrogen and oxygen atoms in total. The Balaban J connectivity index is 2.31. The average molecular weight is 252 g/mol. The Kier molecular flexibility index (Phi) is 8.36. The van der Waals surface area contributed by atoms with Crippen molar-refractivity contribution in [2.45, 2.75) is 64.3 Å². The summed E-state index contributed by atoms with van der Waals surface area (Å²) in [5.74, 6) is 0.742. The van der Waals surface area contributed by atoms with Crippen LogP contribution in [0.4, 0.5) is 0 Å². The molecule has 2 heteroatoms. The first-order valence-corrected chi connectivity index (χ1v) is 7.88. The molecule has 2 N–H and O–H groups in total. The first kappa shape index (κ1) is 15.7. The van der Waals surface area contributed by atoms with E-state index < -0.39 is 0 Å². The highest BCUT2D eigenvalue weighted by molar-refractivity contribution is 4.83. The molecule has 0 saturated heterocycles. The van der Waals surface area contributed by atoms with Gasteiger partial charge in [-0.1, -0.05) is 32.3 Å². The predicted octanol–water partition coefficient (Wildman–Crippen LogP) is 3.57. The van der Waals surface area contributed by atoms with Gasteiger partial charge in [-0.05, 0) is 57.7 Å². The van der Waals surface area contributed by atoms with Crippen molar-refractivity contribution >= 4 is 0 Å². The molecule has 0 spiro atoms. The standard InChI is InChI=1S/C16H32N2/c1-3-5-6-7-10-13-18(4-2)16-12-9-8-11-15(16)14-17/h3,15-16H,1,4-14,17H2,2H3. The Morgan fingerprint density at radius 3 is 2.67 bits per heavy atom. The van der Waals surface area contributed by atoms with E-state index in [-0.39, 0.29) is 0 Å². The number of nitrogens with zero attached hydrogens (tertiary/aromatic N) is 1. The van der Waals surface area contributed by atoms with Crippen LogP contribution in [0.2, 0.25) is 0 Å². The van der Waals surface area contributed by atoms with Crippen LogP contribution in [-0.4, -0.2) is 30.6 Å². The summed E-state index contributed by atoms with van der Waals surface area (Å²) in [4.78, 5) is 2.69. The van der Waals surface area contributed by atoms with Crippen LogP contribution in [0, 0.1) is 5.92 Å². The zero-order chi connectivity index (χ0) is 13.2. The molecule has 0 bridgehead atoms. The topological polar surface area (TPSA) is 29.3 Å². The Labute approximate surface area is 114 Å². The van der Waals surface area contributed by atoms with Crippen LogP contribution in [0.25, 0.3) is 0 Å². The van der Waals surface area contributed by atoms with Gasteiger partial charge < -0.3 is 10.6 Å². The smallest absolute Gasteiger partial charge is 0.0135 e. The van der Waals surface area contributed by atoms with E-state index in [4.69, 9.17) is 5.73 Å². The maximum Gasteiger partial charge on any atom is 0.0135 e. The molecule has 1 fully saturated rings. The second kappa shape index (κ2) is 9.57. The second-order valence-corrected chi connectivity index (χ2v) is 5.61. The third-order valence-electron chi connectivity index (χ3n) is 4.40. The molecule has 18 heavy (non-hydrogen) atoms. The SMILES string of the molecule is C=CCCCCCN(CC)C1CCCCC1CN. The maximum atomic E-state index is 5.94. The summed E-state index contributed by atoms with van der Waals surface area (Å²) in [6.45, 7) is 9.39. The van der Waals surface area contributed by atoms with E-state index in [1.54, 1.807) is 0 Å². The van der Waals surface area contributed by atoms with E-state index >= 15 is 0 Å². The number of hydrogen-bond acceptors (Lipinski definition) is 2. The molecule has 1 aliphatic carbocycles. The van der Waals surface area contributed by atoms with Gasteiger partial charge in [0.25, 0.3) is 0 Å². The summed E-state index contributed by atoms with van der Waals surface area (Å²) in [6, 6.07) is 0.758. The highest BCUT2D eigenvalue weighted by Crippen LogP contribution is 2.28. The van der Waals surface area contributed by atoms with Crippen LogP contribution in [0.15, 0.2) is 12.7 Å². The van der Waals surface area contributed by atoms with E-state index in [1.165, 1.54) is 64.5 Å². The van der Waals surface area contributed by atoms with E-state index in [1.807, 2.05) is 6.08 Å². The first-order valence-electron chi connectivity index (χ1n) is 7.88. The molecule has 2 unspecified atom stereocenters. The van der Waals surface area contributed by atoms with Crippen molar-refractivity contribution in [1.82, 2.24) is 4.90 Å². The van der Waals surface area contributed by atoms with Crippen LogP contribution in [-0.2, 0) is 0 Å². The lowest BCUT2D eigenvalue weighted by Crippen LogP contribution is -2.45. The lowest BCUT2D eigenvalue weighted by atomic mass is 9.83. The molecule has 0 aromatic carbocycles. The zero-order valence-electron chi connectivity index (χ0n) is 12.2. The monoisotopic (exact) mass is 252 g/mol. The predicted molar refractivity (Wildman–Crippen MR) is 80.7 cm³/mol. The van der Waals surface area contributed by atoms with Gasteiger partial charge in [-0.25, -0.2) is 0 Å². The molecule has 0 aromatic heterocycles. The molecular formula is C16H32N2. The van der Waals surface area contributed by atoms with Crippen molar-refractivity contribution in [1.29, 1.82) is 0 Å². The Morgan fingerprint density at radius 2 is 2.00 bits per heavy atom. The van der Waals surface area contributed by atoms with Gasteiger partial charge >= 0.3 is 0 Å². The third kappa shape index (κ3) is 5.11. The molecule has 0 aliphatic heterocycles. The molecule has 1 saturated carbocycles. The quantitative estimate of drug-likeness (QED) is 0.502. The number of rotatable bonds is 9. The summed E-state index contributed by atoms with van der Waals surface area (Å²) in [7, 11) is 0. The molecule has 2 atom stereocenters. The van der Waals surface area contributed by atoms with Gasteiger partial charge in [-0.3, -0.25) is 0 Å². The molecule has 0 aromatic rings. The van der Waals surface area contributed by atoms with Crippen molar-refractivity contribution < 1.29 is 0 Å². The lowest BCUT2D eigenvalue weighted by molar-refractivity contribution is 0.110. The first-order chi connectivity index (χ1) is 8.83. The van der Waals surface area contributed by atoms with Crippen LogP contribution in [0.5, 0.6) is 0 Å². The van der Waals surface area contributed by atoms with Gasteiger partial charge in [0.15, 0.2) is 0 Å². The number of allylic oxidation sites excluding steroid dienone is 1. The third-order valence-corrected chi connectivity index (χ3v) is 4.40. The fraction of sp³-hybridized carbons (Fsp3) is 0.875. The molecule has 106 valence electrons. The molecule has 1 aliphatic rings. The van der Waals surface area contributed by atoms with Crippen LogP contribution < -0.4 is 5.73 Å². The Hall–Kier alpha value is -0.340. The molecule has 1 rings (SSSR count). The minimum absolute atomic E-state index is 0.742. The van der Waals surface area contributed by atoms with Crippen LogP contribution >= 0.6 is 0 Å². The second-order valence-electron chi connectivity index (χ2n) is 5.61. The van der Waals surface area contributed by atoms with Gasteiger partial charge in [0.2, 0.25) is 0 Å². The van der Waals surface area contributed by atoms with Crippen LogP contribution in [0.1, 0.15) is 58.3 Å². The van der Waals surface area contributed by atoms with Gasteiger partial charge in [0, 0.05) is 6.04 Å². The van der Waals surface area contributed by atoms with E-state index in [0.717, 1.165) is 18.5 Å². The Bertz CT molecular complexity index is 215. The molecule has 0 heterocycles. The average Bonchev–Trinajstić information content (AvgIpc) is 2.43. The number of nitrogens with two attached hydrogens (primary N) is 1. The number of unbranched alkanes of at least 4 members (excludes halogenated alkanes) is 3. The van der Waals surface area contributed by atoms with E-state index in [0.29, 0.717) is 0 Å². The minimum atomic E-state index is 0.742. The summed E-state index contributed by atoms with van der Waals surface area (Å²) >= 11 is 0. The van der Waals surface area contributed by atoms with Crippen molar-refractivity contribution in [2.24, 2.45) is 11.7 Å². The van der Waals surface area contributed by atoms with Crippen molar-refractivity contribution in [3.05, 3.63) is 12.7 Å². The van der Waals surface area contributed by atoms with Crippen molar-refractivity contribution in [3.63, 3.8) is 0 Å². The van der Waals surface area contributed by atoms with E-state index in [2.05, 4.69) is 18.4 Å². The zero-order valence-corrected chi connectivity index (χ0v) is 12.2. The highest BCUT2D eigenvalue weighted by atomic mass is 15.2. The maximum absolute atomic E-state index is 5.94. The van der Waals surface area contributed by atoms with Gasteiger partial charge in [-0.2, -0.15) is 0 Å². The van der Waals surface area contributed by atoms with Gasteiger partial charge in [-0.15, -0.1) is 6.58 Å². The van der Waals surface area contributed by atoms with Crippen LogP contribution in [0.3, 0.4) is 0 Å². The summed E-state index contributed by atoms with van der Waals surface area (Å²) in [6.07, 6.45) is 12.6. The summed E-state index contributed by atoms with van der Waals surface area (Å²) in [5.41, 5.74) is 5.94. The normalized spacial score (nSPS) is 24.4. The molecule has 0 radical (unpaired) electrons. The van der Waals surface area contributed by atoms with Crippen molar-refractivity contribution in [3.8, 4) is 0 Å². The molecule has 0 amide bonds. The van der Waals surface area contributed by atoms with E-state index in [9.17, 15) is 0 Å². The van der Waals surface area contributed by atoms with Gasteiger partial charge in [0.05, 0.1) is 0 Å². The highest BCUT2D eigenvalue weighted by Gasteiger charge is 2.27. The minimum Gasteiger partial charge on any atom is -0.330 e. The Morgan fingerprint density at radius 1 is 1.22 bits per heavy atom. The summed E-state index contributed by atoms with van der Waals surface area (Å²) < 4.78 is 0. The lowest BCUT2D eigenvalue weighted by Gasteiger charge is -2.39. The fourth-order valence-electron chi connectivity index (χ4n) is 3.28.